The predicted octanol–water partition coefficient (Wildman–Crippen LogP) is 1.94. The zero-order valence-corrected chi connectivity index (χ0v) is 7.45. The molecule has 0 saturated carbocycles. The van der Waals surface area contributed by atoms with Crippen molar-refractivity contribution in [1.82, 2.24) is 0 Å². The van der Waals surface area contributed by atoms with Crippen LogP contribution in [0.5, 0.6) is 0 Å². The van der Waals surface area contributed by atoms with E-state index in [0.717, 1.165) is 0 Å². The molecule has 0 heterocycles. The molecule has 0 bridgehead atoms. The van der Waals surface area contributed by atoms with Crippen LogP contribution in [-0.4, -0.2) is 17.3 Å². The molecule has 0 aliphatic heterocycles. The van der Waals surface area contributed by atoms with Gasteiger partial charge in [0.15, 0.2) is 0 Å². The second kappa shape index (κ2) is 5.24. The average molecular weight is 159 g/mol. The number of aliphatic hydroxyl groups excluding tert-OH is 1. The third-order valence-corrected chi connectivity index (χ3v) is 1.71. The maximum atomic E-state index is 10.2. The molecule has 3 heteroatoms. The van der Waals surface area contributed by atoms with Gasteiger partial charge in [-0.15, -0.1) is 0 Å². The smallest absolute Gasteiger partial charge is 0.118 e. The van der Waals surface area contributed by atoms with Crippen LogP contribution in [0, 0.1) is 10.8 Å². The third kappa shape index (κ3) is 4.09. The number of nitrogens with zero attached hydrogens (tertiary/aromatic N) is 1. The lowest BCUT2D eigenvalue weighted by Gasteiger charge is -2.15. The summed E-state index contributed by atoms with van der Waals surface area (Å²) in [5, 5.41) is 12.2. The molecule has 0 aromatic carbocycles. The summed E-state index contributed by atoms with van der Waals surface area (Å²) in [7, 11) is 0. The molecule has 0 rings (SSSR count). The highest BCUT2D eigenvalue weighted by Gasteiger charge is 2.18. The summed E-state index contributed by atoms with van der Waals surface area (Å²) in [5.74, 6) is 0.416. The first-order chi connectivity index (χ1) is 5.11. The number of nitroso groups, excluding NO2 is 1. The molecule has 1 N–H and O–H groups in total. The maximum Gasteiger partial charge on any atom is 0.118 e. The van der Waals surface area contributed by atoms with Crippen LogP contribution >= 0.6 is 0 Å². The van der Waals surface area contributed by atoms with Gasteiger partial charge in [0.2, 0.25) is 0 Å². The van der Waals surface area contributed by atoms with Gasteiger partial charge < -0.3 is 5.11 Å². The van der Waals surface area contributed by atoms with Gasteiger partial charge in [-0.25, -0.2) is 0 Å². The van der Waals surface area contributed by atoms with E-state index in [1.807, 2.05) is 20.8 Å². The highest BCUT2D eigenvalue weighted by atomic mass is 16.3. The minimum absolute atomic E-state index is 0.416. The molecule has 0 aromatic rings. The van der Waals surface area contributed by atoms with Crippen LogP contribution in [0.4, 0.5) is 0 Å². The Hall–Kier alpha value is -0.440. The van der Waals surface area contributed by atoms with Crippen molar-refractivity contribution >= 4 is 0 Å². The minimum atomic E-state index is -0.560. The van der Waals surface area contributed by atoms with Gasteiger partial charge in [0.05, 0.1) is 6.10 Å². The Balaban J connectivity index is 3.84. The van der Waals surface area contributed by atoms with E-state index in [1.54, 1.807) is 0 Å². The molecule has 0 aliphatic carbocycles. The molecule has 0 aliphatic rings. The normalized spacial score (nSPS) is 16.5. The van der Waals surface area contributed by atoms with E-state index >= 15 is 0 Å². The van der Waals surface area contributed by atoms with Crippen molar-refractivity contribution in [3.8, 4) is 0 Å². The molecule has 0 saturated heterocycles. The summed E-state index contributed by atoms with van der Waals surface area (Å²) in [6.07, 6.45) is 0.719. The lowest BCUT2D eigenvalue weighted by molar-refractivity contribution is 0.130. The van der Waals surface area contributed by atoms with Gasteiger partial charge in [-0.1, -0.05) is 25.9 Å². The average Bonchev–Trinajstić information content (AvgIpc) is 1.98. The fourth-order valence-electron chi connectivity index (χ4n) is 1.03. The second-order valence-corrected chi connectivity index (χ2v) is 3.28. The van der Waals surface area contributed by atoms with Gasteiger partial charge in [0.25, 0.3) is 0 Å². The number of hydrogen-bond donors (Lipinski definition) is 1. The molecule has 0 radical (unpaired) electrons. The van der Waals surface area contributed by atoms with E-state index in [1.165, 1.54) is 0 Å². The molecule has 1 unspecified atom stereocenters. The highest BCUT2D eigenvalue weighted by molar-refractivity contribution is 4.74. The topological polar surface area (TPSA) is 49.7 Å². The highest BCUT2D eigenvalue weighted by Crippen LogP contribution is 2.13. The Morgan fingerprint density at radius 2 is 2.00 bits per heavy atom. The van der Waals surface area contributed by atoms with Gasteiger partial charge in [-0.3, -0.25) is 0 Å². The van der Waals surface area contributed by atoms with Gasteiger partial charge in [-0.05, 0) is 18.8 Å². The van der Waals surface area contributed by atoms with Crippen molar-refractivity contribution < 1.29 is 5.11 Å². The molecule has 66 valence electrons. The molecule has 3 nitrogen and oxygen atoms in total. The van der Waals surface area contributed by atoms with E-state index in [0.29, 0.717) is 18.8 Å². The van der Waals surface area contributed by atoms with Crippen molar-refractivity contribution in [3.05, 3.63) is 4.91 Å². The van der Waals surface area contributed by atoms with Crippen LogP contribution < -0.4 is 0 Å². The summed E-state index contributed by atoms with van der Waals surface area (Å²) >= 11 is 0. The van der Waals surface area contributed by atoms with Crippen LogP contribution in [0.2, 0.25) is 0 Å². The number of hydrogen-bond acceptors (Lipinski definition) is 3. The van der Waals surface area contributed by atoms with Crippen LogP contribution in [0.25, 0.3) is 0 Å². The minimum Gasteiger partial charge on any atom is -0.391 e. The van der Waals surface area contributed by atoms with E-state index in [4.69, 9.17) is 0 Å². The Morgan fingerprint density at radius 1 is 1.45 bits per heavy atom. The standard InChI is InChI=1S/C8H17NO2/c1-4-8(10)7(9-11)5-6(2)3/h6-8,10H,4-5H2,1-3H3/t7?,8-/m1/s1. The van der Waals surface area contributed by atoms with E-state index in [-0.39, 0.29) is 0 Å². The van der Waals surface area contributed by atoms with Crippen molar-refractivity contribution in [3.63, 3.8) is 0 Å². The van der Waals surface area contributed by atoms with Crippen LogP contribution in [0.15, 0.2) is 5.18 Å². The first-order valence-electron chi connectivity index (χ1n) is 4.12. The number of aliphatic hydroxyl groups is 1. The maximum absolute atomic E-state index is 10.2. The molecular weight excluding hydrogens is 142 g/mol. The molecular formula is C8H17NO2. The fraction of sp³-hybridized carbons (Fsp3) is 1.00. The van der Waals surface area contributed by atoms with Crippen LogP contribution in [0.3, 0.4) is 0 Å². The zero-order chi connectivity index (χ0) is 8.85. The summed E-state index contributed by atoms with van der Waals surface area (Å²) in [6.45, 7) is 5.88. The first-order valence-corrected chi connectivity index (χ1v) is 4.12. The molecule has 0 fully saturated rings. The Labute approximate surface area is 67.8 Å². The quantitative estimate of drug-likeness (QED) is 0.623. The molecule has 2 atom stereocenters. The SMILES string of the molecule is CC[C@@H](O)C(CC(C)C)N=O. The molecule has 0 amide bonds. The summed E-state index contributed by atoms with van der Waals surface area (Å²) in [6, 6.07) is -0.417. The van der Waals surface area contributed by atoms with Crippen molar-refractivity contribution in [2.75, 3.05) is 0 Å². The zero-order valence-electron chi connectivity index (χ0n) is 7.45. The van der Waals surface area contributed by atoms with E-state index in [9.17, 15) is 10.0 Å². The molecule has 0 aromatic heterocycles. The summed E-state index contributed by atoms with van der Waals surface area (Å²) in [5.41, 5.74) is 0. The monoisotopic (exact) mass is 159 g/mol. The Morgan fingerprint density at radius 3 is 2.27 bits per heavy atom. The van der Waals surface area contributed by atoms with Crippen molar-refractivity contribution in [2.45, 2.75) is 45.8 Å². The van der Waals surface area contributed by atoms with Crippen LogP contribution in [0.1, 0.15) is 33.6 Å². The largest absolute Gasteiger partial charge is 0.391 e. The third-order valence-electron chi connectivity index (χ3n) is 1.71. The van der Waals surface area contributed by atoms with Gasteiger partial charge in [0.1, 0.15) is 6.04 Å². The fourth-order valence-corrected chi connectivity index (χ4v) is 1.03. The summed E-state index contributed by atoms with van der Waals surface area (Å²) < 4.78 is 0. The second-order valence-electron chi connectivity index (χ2n) is 3.28. The molecule has 0 spiro atoms. The van der Waals surface area contributed by atoms with Gasteiger partial charge in [-0.2, -0.15) is 4.91 Å². The van der Waals surface area contributed by atoms with E-state index < -0.39 is 12.1 Å². The first kappa shape index (κ1) is 10.6. The lowest BCUT2D eigenvalue weighted by Crippen LogP contribution is -2.24. The van der Waals surface area contributed by atoms with Gasteiger partial charge >= 0.3 is 0 Å². The van der Waals surface area contributed by atoms with Crippen molar-refractivity contribution in [1.29, 1.82) is 0 Å². The van der Waals surface area contributed by atoms with Crippen molar-refractivity contribution in [2.24, 2.45) is 11.1 Å². The predicted molar refractivity (Wildman–Crippen MR) is 45.3 cm³/mol. The van der Waals surface area contributed by atoms with E-state index in [2.05, 4.69) is 5.18 Å². The van der Waals surface area contributed by atoms with Gasteiger partial charge in [0, 0.05) is 0 Å². The Kier molecular flexibility index (Phi) is 5.03. The molecule has 11 heavy (non-hydrogen) atoms. The van der Waals surface area contributed by atoms with Crippen LogP contribution in [-0.2, 0) is 0 Å². The summed E-state index contributed by atoms with van der Waals surface area (Å²) in [4.78, 5) is 10.2. The lowest BCUT2D eigenvalue weighted by atomic mass is 9.99. The Bertz CT molecular complexity index is 115. The number of rotatable bonds is 5.